The van der Waals surface area contributed by atoms with Crippen LogP contribution in [0.5, 0.6) is 0 Å². The maximum Gasteiger partial charge on any atom is 0.254 e. The summed E-state index contributed by atoms with van der Waals surface area (Å²) in [6.07, 6.45) is 0. The van der Waals surface area contributed by atoms with Gasteiger partial charge in [0.1, 0.15) is 11.3 Å². The minimum atomic E-state index is -0.560. The van der Waals surface area contributed by atoms with Crippen molar-refractivity contribution in [3.63, 3.8) is 0 Å². The Morgan fingerprint density at radius 2 is 2.04 bits per heavy atom. The Hall–Kier alpha value is -2.81. The van der Waals surface area contributed by atoms with Gasteiger partial charge in [0, 0.05) is 24.1 Å². The van der Waals surface area contributed by atoms with Crippen molar-refractivity contribution < 1.29 is 14.0 Å². The molecule has 1 N–H and O–H groups in total. The minimum Gasteiger partial charge on any atom is -0.332 e. The predicted molar refractivity (Wildman–Crippen MR) is 98.2 cm³/mol. The van der Waals surface area contributed by atoms with Gasteiger partial charge in [0.2, 0.25) is 5.91 Å². The topological polar surface area (TPSA) is 80.1 Å². The number of aryl methyl sites for hydroxylation is 1. The number of benzene rings is 2. The number of nitrogens with one attached hydrogen (secondary N) is 1. The van der Waals surface area contributed by atoms with Crippen LogP contribution in [-0.4, -0.2) is 45.3 Å². The molecule has 0 fully saturated rings. The van der Waals surface area contributed by atoms with Crippen LogP contribution in [-0.2, 0) is 11.8 Å². The number of hydrogen-bond acceptors (Lipinski definition) is 4. The summed E-state index contributed by atoms with van der Waals surface area (Å²) in [5.41, 5.74) is 1.84. The number of anilines is 1. The Morgan fingerprint density at radius 1 is 1.27 bits per heavy atom. The standard InChI is InChI=1S/C17H15BrFN5O2/c1-23(9-16(25)20-13-5-4-11(18)8-12(13)19)17(26)10-3-6-15-14(7-10)21-22-24(15)2/h3-8H,9H2,1-2H3,(H,20,25). The third-order valence-electron chi connectivity index (χ3n) is 3.79. The average Bonchev–Trinajstić information content (AvgIpc) is 2.97. The zero-order valence-corrected chi connectivity index (χ0v) is 15.6. The van der Waals surface area contributed by atoms with Gasteiger partial charge in [-0.2, -0.15) is 0 Å². The Labute approximate surface area is 156 Å². The van der Waals surface area contributed by atoms with E-state index >= 15 is 0 Å². The lowest BCUT2D eigenvalue weighted by atomic mass is 10.1. The lowest BCUT2D eigenvalue weighted by Gasteiger charge is -2.17. The third-order valence-corrected chi connectivity index (χ3v) is 4.28. The van der Waals surface area contributed by atoms with Gasteiger partial charge in [-0.3, -0.25) is 9.59 Å². The molecule has 2 aromatic carbocycles. The van der Waals surface area contributed by atoms with Crippen molar-refractivity contribution in [1.82, 2.24) is 19.9 Å². The summed E-state index contributed by atoms with van der Waals surface area (Å²) in [6, 6.07) is 9.32. The van der Waals surface area contributed by atoms with Crippen LogP contribution in [0.15, 0.2) is 40.9 Å². The van der Waals surface area contributed by atoms with Crippen LogP contribution in [0.4, 0.5) is 10.1 Å². The molecule has 3 aromatic rings. The summed E-state index contributed by atoms with van der Waals surface area (Å²) in [4.78, 5) is 25.9. The molecule has 3 rings (SSSR count). The molecule has 0 atom stereocenters. The van der Waals surface area contributed by atoms with Crippen molar-refractivity contribution in [3.05, 3.63) is 52.3 Å². The SMILES string of the molecule is CN(CC(=O)Nc1ccc(Br)cc1F)C(=O)c1ccc2c(c1)nnn2C. The van der Waals surface area contributed by atoms with Crippen LogP contribution >= 0.6 is 15.9 Å². The fourth-order valence-corrected chi connectivity index (χ4v) is 2.79. The van der Waals surface area contributed by atoms with Gasteiger partial charge < -0.3 is 10.2 Å². The number of carbonyl (C=O) groups excluding carboxylic acids is 2. The zero-order valence-electron chi connectivity index (χ0n) is 14.0. The van der Waals surface area contributed by atoms with Gasteiger partial charge in [0.25, 0.3) is 5.91 Å². The van der Waals surface area contributed by atoms with Crippen LogP contribution in [0.1, 0.15) is 10.4 Å². The number of aromatic nitrogens is 3. The van der Waals surface area contributed by atoms with E-state index in [1.165, 1.54) is 24.1 Å². The first-order valence-electron chi connectivity index (χ1n) is 7.65. The summed E-state index contributed by atoms with van der Waals surface area (Å²) in [6.45, 7) is -0.215. The molecule has 0 aliphatic rings. The highest BCUT2D eigenvalue weighted by Crippen LogP contribution is 2.19. The van der Waals surface area contributed by atoms with Crippen LogP contribution in [0.25, 0.3) is 11.0 Å². The normalized spacial score (nSPS) is 10.8. The molecule has 0 radical (unpaired) electrons. The van der Waals surface area contributed by atoms with Gasteiger partial charge in [-0.05, 0) is 36.4 Å². The number of likely N-dealkylation sites (N-methyl/N-ethyl adjacent to an activating group) is 1. The van der Waals surface area contributed by atoms with Crippen molar-refractivity contribution in [2.45, 2.75) is 0 Å². The van der Waals surface area contributed by atoms with Crippen molar-refractivity contribution in [2.75, 3.05) is 18.9 Å². The van der Waals surface area contributed by atoms with Gasteiger partial charge in [-0.1, -0.05) is 21.1 Å². The molecule has 134 valence electrons. The van der Waals surface area contributed by atoms with Crippen molar-refractivity contribution in [3.8, 4) is 0 Å². The monoisotopic (exact) mass is 419 g/mol. The molecular weight excluding hydrogens is 405 g/mol. The number of nitrogens with zero attached hydrogens (tertiary/aromatic N) is 4. The highest BCUT2D eigenvalue weighted by atomic mass is 79.9. The zero-order chi connectivity index (χ0) is 18.8. The molecule has 1 aromatic heterocycles. The van der Waals surface area contributed by atoms with Crippen molar-refractivity contribution >= 4 is 44.5 Å². The van der Waals surface area contributed by atoms with E-state index in [4.69, 9.17) is 0 Å². The van der Waals surface area contributed by atoms with Crippen LogP contribution < -0.4 is 5.32 Å². The fraction of sp³-hybridized carbons (Fsp3) is 0.176. The van der Waals surface area contributed by atoms with E-state index in [1.807, 2.05) is 0 Å². The number of carbonyl (C=O) groups is 2. The Balaban J connectivity index is 1.68. The molecule has 0 aliphatic carbocycles. The minimum absolute atomic E-state index is 0.0556. The second kappa shape index (κ2) is 7.20. The molecule has 0 bridgehead atoms. The second-order valence-electron chi connectivity index (χ2n) is 5.75. The van der Waals surface area contributed by atoms with Gasteiger partial charge in [0.05, 0.1) is 17.7 Å². The maximum atomic E-state index is 13.8. The Kier molecular flexibility index (Phi) is 4.99. The Morgan fingerprint density at radius 3 is 2.77 bits per heavy atom. The quantitative estimate of drug-likeness (QED) is 0.704. The second-order valence-corrected chi connectivity index (χ2v) is 6.67. The van der Waals surface area contributed by atoms with E-state index < -0.39 is 11.7 Å². The molecule has 0 aliphatic heterocycles. The van der Waals surface area contributed by atoms with E-state index in [0.29, 0.717) is 15.6 Å². The van der Waals surface area contributed by atoms with Gasteiger partial charge >= 0.3 is 0 Å². The van der Waals surface area contributed by atoms with Crippen LogP contribution in [0.3, 0.4) is 0 Å². The van der Waals surface area contributed by atoms with Crippen LogP contribution in [0, 0.1) is 5.82 Å². The smallest absolute Gasteiger partial charge is 0.254 e. The first-order chi connectivity index (χ1) is 12.3. The summed E-state index contributed by atoms with van der Waals surface area (Å²) in [5.74, 6) is -1.40. The van der Waals surface area contributed by atoms with E-state index in [0.717, 1.165) is 5.52 Å². The van der Waals surface area contributed by atoms with Gasteiger partial charge in [-0.25, -0.2) is 9.07 Å². The third kappa shape index (κ3) is 3.72. The summed E-state index contributed by atoms with van der Waals surface area (Å²) in [7, 11) is 3.26. The van der Waals surface area contributed by atoms with Crippen molar-refractivity contribution in [1.29, 1.82) is 0 Å². The highest BCUT2D eigenvalue weighted by molar-refractivity contribution is 9.10. The molecule has 1 heterocycles. The van der Waals surface area contributed by atoms with E-state index in [9.17, 15) is 14.0 Å². The molecule has 9 heteroatoms. The summed E-state index contributed by atoms with van der Waals surface area (Å²) in [5, 5.41) is 10.3. The molecule has 26 heavy (non-hydrogen) atoms. The number of halogens is 2. The summed E-state index contributed by atoms with van der Waals surface area (Å²) >= 11 is 3.15. The van der Waals surface area contributed by atoms with E-state index in [2.05, 4.69) is 31.6 Å². The van der Waals surface area contributed by atoms with E-state index in [-0.39, 0.29) is 18.1 Å². The lowest BCUT2D eigenvalue weighted by molar-refractivity contribution is -0.116. The molecule has 7 nitrogen and oxygen atoms in total. The number of fused-ring (bicyclic) bond motifs is 1. The summed E-state index contributed by atoms with van der Waals surface area (Å²) < 4.78 is 16.0. The maximum absolute atomic E-state index is 13.8. The van der Waals surface area contributed by atoms with Crippen LogP contribution in [0.2, 0.25) is 0 Å². The molecule has 2 amide bonds. The molecule has 0 spiro atoms. The highest BCUT2D eigenvalue weighted by Gasteiger charge is 2.17. The molecule has 0 saturated heterocycles. The van der Waals surface area contributed by atoms with E-state index in [1.54, 1.807) is 36.0 Å². The first-order valence-corrected chi connectivity index (χ1v) is 8.44. The molecule has 0 saturated carbocycles. The fourth-order valence-electron chi connectivity index (χ4n) is 2.46. The van der Waals surface area contributed by atoms with Crippen molar-refractivity contribution in [2.24, 2.45) is 7.05 Å². The van der Waals surface area contributed by atoms with Gasteiger partial charge in [0.15, 0.2) is 0 Å². The number of amides is 2. The van der Waals surface area contributed by atoms with Gasteiger partial charge in [-0.15, -0.1) is 5.10 Å². The molecular formula is C17H15BrFN5O2. The largest absolute Gasteiger partial charge is 0.332 e. The lowest BCUT2D eigenvalue weighted by Crippen LogP contribution is -2.35. The Bertz CT molecular complexity index is 1000. The first kappa shape index (κ1) is 18.0. The number of hydrogen-bond donors (Lipinski definition) is 1. The number of rotatable bonds is 4. The average molecular weight is 420 g/mol. The predicted octanol–water partition coefficient (Wildman–Crippen LogP) is 2.58. The molecule has 0 unspecified atom stereocenters.